The van der Waals surface area contributed by atoms with Crippen LogP contribution in [-0.4, -0.2) is 121 Å². The number of aliphatic hydroxyl groups excluding tert-OH is 1. The lowest BCUT2D eigenvalue weighted by atomic mass is 9.73. The van der Waals surface area contributed by atoms with Crippen LogP contribution in [-0.2, 0) is 28.6 Å². The zero-order valence-corrected chi connectivity index (χ0v) is 23.1. The van der Waals surface area contributed by atoms with E-state index in [1.165, 1.54) is 0 Å². The fourth-order valence-electron chi connectivity index (χ4n) is 7.01. The largest absolute Gasteiger partial charge is 0.465 e. The number of amides is 2. The molecule has 5 aliphatic rings. The van der Waals surface area contributed by atoms with Crippen LogP contribution in [0.2, 0.25) is 0 Å². The zero-order valence-electron chi connectivity index (χ0n) is 23.1. The average Bonchev–Trinajstić information content (AvgIpc) is 3.30. The van der Waals surface area contributed by atoms with E-state index in [9.17, 15) is 19.5 Å². The number of carbonyl (C=O) groups excluding carboxylic acids is 3. The number of carbonyl (C=O) groups is 3. The van der Waals surface area contributed by atoms with Crippen molar-refractivity contribution in [2.45, 2.75) is 62.7 Å². The molecule has 3 fully saturated rings. The van der Waals surface area contributed by atoms with Crippen LogP contribution >= 0.6 is 0 Å². The lowest BCUT2D eigenvalue weighted by molar-refractivity contribution is -0.161. The summed E-state index contributed by atoms with van der Waals surface area (Å²) >= 11 is 0. The maximum atomic E-state index is 14.3. The molecule has 0 aromatic carbocycles. The fraction of sp³-hybridized carbons (Fsp3) is 0.759. The molecule has 2 amide bonds. The number of unbranched alkanes of at least 4 members (excludes halogenated alkanes) is 1. The van der Waals surface area contributed by atoms with Gasteiger partial charge in [0.1, 0.15) is 23.2 Å². The van der Waals surface area contributed by atoms with Gasteiger partial charge in [0.2, 0.25) is 11.8 Å². The normalized spacial score (nSPS) is 36.3. The highest BCUT2D eigenvalue weighted by molar-refractivity contribution is 5.99. The number of nitrogens with zero attached hydrogens (tertiary/aromatic N) is 3. The lowest BCUT2D eigenvalue weighted by Crippen LogP contribution is -2.57. The molecule has 5 rings (SSSR count). The number of morpholine rings is 1. The molecule has 0 bridgehead atoms. The van der Waals surface area contributed by atoms with Crippen molar-refractivity contribution in [3.8, 4) is 0 Å². The molecule has 10 heteroatoms. The van der Waals surface area contributed by atoms with Gasteiger partial charge in [-0.2, -0.15) is 0 Å². The zero-order chi connectivity index (χ0) is 27.5. The molecule has 0 aromatic heterocycles. The van der Waals surface area contributed by atoms with Gasteiger partial charge in [0, 0.05) is 45.9 Å². The van der Waals surface area contributed by atoms with Gasteiger partial charge < -0.3 is 29.1 Å². The number of ether oxygens (including phenoxy) is 3. The Hall–Kier alpha value is -2.27. The second kappa shape index (κ2) is 12.1. The molecular weight excluding hydrogens is 502 g/mol. The Morgan fingerprint density at radius 3 is 2.54 bits per heavy atom. The van der Waals surface area contributed by atoms with Crippen molar-refractivity contribution in [1.29, 1.82) is 0 Å². The average molecular weight is 546 g/mol. The third kappa shape index (κ3) is 5.16. The number of aliphatic hydroxyl groups is 1. The van der Waals surface area contributed by atoms with E-state index in [1.807, 2.05) is 30.1 Å². The summed E-state index contributed by atoms with van der Waals surface area (Å²) in [6.07, 6.45) is 11.9. The molecule has 0 aliphatic carbocycles. The van der Waals surface area contributed by atoms with Gasteiger partial charge in [-0.1, -0.05) is 31.2 Å². The number of allylic oxidation sites excluding steroid dienone is 1. The quantitative estimate of drug-likeness (QED) is 0.275. The summed E-state index contributed by atoms with van der Waals surface area (Å²) in [5, 5.41) is 9.40. The number of likely N-dealkylation sites (tertiary alicyclic amines) is 1. The van der Waals surface area contributed by atoms with Gasteiger partial charge in [-0.3, -0.25) is 19.3 Å². The molecule has 0 aromatic rings. The van der Waals surface area contributed by atoms with Crippen LogP contribution in [0.1, 0.15) is 45.4 Å². The monoisotopic (exact) mass is 545 g/mol. The standard InChI is InChI=1S/C29H43N3O7/c1-2-28-10-5-3-4-8-19-38-27(36)23(28)22-25(34)32(13-6-7-18-33)24-26(35)31(12-9-11-29(22,24)39-28)15-14-30-16-20-37-21-17-30/h5,9-11,22-24,33H,2-4,6-8,12-21H2,1H3/b10-5-/t22-,23+,24?,28-,29-/m0/s1. The Kier molecular flexibility index (Phi) is 8.75. The molecule has 3 saturated heterocycles. The van der Waals surface area contributed by atoms with E-state index < -0.39 is 35.0 Å². The van der Waals surface area contributed by atoms with E-state index >= 15 is 0 Å². The van der Waals surface area contributed by atoms with Crippen LogP contribution in [0.4, 0.5) is 0 Å². The second-order valence-corrected chi connectivity index (χ2v) is 11.3. The van der Waals surface area contributed by atoms with Gasteiger partial charge in [-0.25, -0.2) is 0 Å². The Labute approximate surface area is 230 Å². The summed E-state index contributed by atoms with van der Waals surface area (Å²) in [6.45, 7) is 7.31. The molecule has 0 radical (unpaired) electrons. The van der Waals surface area contributed by atoms with Crippen LogP contribution in [0.5, 0.6) is 0 Å². The molecule has 1 unspecified atom stereocenters. The molecule has 0 saturated carbocycles. The van der Waals surface area contributed by atoms with Gasteiger partial charge in [0.25, 0.3) is 0 Å². The predicted octanol–water partition coefficient (Wildman–Crippen LogP) is 1.13. The Bertz CT molecular complexity index is 980. The van der Waals surface area contributed by atoms with Crippen molar-refractivity contribution in [3.05, 3.63) is 24.3 Å². The van der Waals surface area contributed by atoms with E-state index in [0.717, 1.165) is 38.9 Å². The van der Waals surface area contributed by atoms with Crippen LogP contribution in [0.25, 0.3) is 0 Å². The first-order valence-corrected chi connectivity index (χ1v) is 14.7. The lowest BCUT2D eigenvalue weighted by Gasteiger charge is -2.39. The molecule has 1 N–H and O–H groups in total. The summed E-state index contributed by atoms with van der Waals surface area (Å²) in [6, 6.07) is -0.876. The van der Waals surface area contributed by atoms with Crippen LogP contribution in [0, 0.1) is 11.8 Å². The third-order valence-corrected chi connectivity index (χ3v) is 9.06. The van der Waals surface area contributed by atoms with Gasteiger partial charge in [-0.15, -0.1) is 0 Å². The van der Waals surface area contributed by atoms with E-state index in [1.54, 1.807) is 4.90 Å². The SMILES string of the molecule is CC[C@]12/C=C\CCCCOC(=O)[C@H]1[C@H]1C(=O)N(CCCCO)C3C(=O)N(CCN4CCOCC4)CC=C[C@@]31O2. The number of fused-ring (bicyclic) bond motifs is 2. The van der Waals surface area contributed by atoms with Crippen molar-refractivity contribution in [1.82, 2.24) is 14.7 Å². The highest BCUT2D eigenvalue weighted by atomic mass is 16.6. The summed E-state index contributed by atoms with van der Waals surface area (Å²) in [5.74, 6) is -2.52. The second-order valence-electron chi connectivity index (χ2n) is 11.3. The van der Waals surface area contributed by atoms with Crippen molar-refractivity contribution in [2.24, 2.45) is 11.8 Å². The third-order valence-electron chi connectivity index (χ3n) is 9.06. The van der Waals surface area contributed by atoms with Gasteiger partial charge in [0.05, 0.1) is 25.7 Å². The van der Waals surface area contributed by atoms with Gasteiger partial charge >= 0.3 is 5.97 Å². The Morgan fingerprint density at radius 2 is 1.77 bits per heavy atom. The molecule has 10 nitrogen and oxygen atoms in total. The number of esters is 1. The van der Waals surface area contributed by atoms with Gasteiger partial charge in [0.15, 0.2) is 0 Å². The molecule has 216 valence electrons. The first-order valence-electron chi connectivity index (χ1n) is 14.7. The Balaban J connectivity index is 1.51. The maximum Gasteiger partial charge on any atom is 0.313 e. The summed E-state index contributed by atoms with van der Waals surface area (Å²) < 4.78 is 18.1. The molecule has 1 spiro atoms. The highest BCUT2D eigenvalue weighted by Gasteiger charge is 2.75. The van der Waals surface area contributed by atoms with Crippen molar-refractivity contribution >= 4 is 17.8 Å². The summed E-state index contributed by atoms with van der Waals surface area (Å²) in [7, 11) is 0. The predicted molar refractivity (Wildman–Crippen MR) is 143 cm³/mol. The fourth-order valence-corrected chi connectivity index (χ4v) is 7.01. The number of rotatable bonds is 8. The smallest absolute Gasteiger partial charge is 0.313 e. The molecule has 5 atom stereocenters. The first kappa shape index (κ1) is 28.3. The van der Waals surface area contributed by atoms with Gasteiger partial charge in [-0.05, 0) is 38.5 Å². The number of hydrogen-bond donors (Lipinski definition) is 1. The molecule has 5 heterocycles. The van der Waals surface area contributed by atoms with Crippen LogP contribution < -0.4 is 0 Å². The minimum atomic E-state index is -1.26. The minimum Gasteiger partial charge on any atom is -0.465 e. The maximum absolute atomic E-state index is 14.3. The summed E-state index contributed by atoms with van der Waals surface area (Å²) in [4.78, 5) is 47.9. The van der Waals surface area contributed by atoms with E-state index in [-0.39, 0.29) is 18.4 Å². The minimum absolute atomic E-state index is 0.00990. The van der Waals surface area contributed by atoms with Crippen LogP contribution in [0.15, 0.2) is 24.3 Å². The van der Waals surface area contributed by atoms with E-state index in [4.69, 9.17) is 14.2 Å². The van der Waals surface area contributed by atoms with Crippen molar-refractivity contribution < 1.29 is 33.7 Å². The summed E-state index contributed by atoms with van der Waals surface area (Å²) in [5.41, 5.74) is -2.29. The molecular formula is C29H43N3O7. The van der Waals surface area contributed by atoms with E-state index in [2.05, 4.69) is 11.0 Å². The molecule has 39 heavy (non-hydrogen) atoms. The van der Waals surface area contributed by atoms with E-state index in [0.29, 0.717) is 58.7 Å². The first-order chi connectivity index (χ1) is 19.0. The molecule has 5 aliphatic heterocycles. The van der Waals surface area contributed by atoms with Crippen LogP contribution in [0.3, 0.4) is 0 Å². The van der Waals surface area contributed by atoms with Crippen molar-refractivity contribution in [3.63, 3.8) is 0 Å². The highest BCUT2D eigenvalue weighted by Crippen LogP contribution is 2.58. The topological polar surface area (TPSA) is 109 Å². The van der Waals surface area contributed by atoms with Crippen molar-refractivity contribution in [2.75, 3.05) is 65.7 Å². The number of hydrogen-bond acceptors (Lipinski definition) is 8. The Morgan fingerprint density at radius 1 is 0.949 bits per heavy atom. The number of cyclic esters (lactones) is 1.